The van der Waals surface area contributed by atoms with Crippen molar-refractivity contribution in [2.24, 2.45) is 0 Å². The van der Waals surface area contributed by atoms with E-state index < -0.39 is 0 Å². The van der Waals surface area contributed by atoms with Gasteiger partial charge in [0.25, 0.3) is 0 Å². The van der Waals surface area contributed by atoms with E-state index in [1.54, 1.807) is 0 Å². The van der Waals surface area contributed by atoms with Crippen molar-refractivity contribution in [2.75, 3.05) is 0 Å². The highest BCUT2D eigenvalue weighted by Crippen LogP contribution is 2.16. The quantitative estimate of drug-likeness (QED) is 0.396. The number of hydrogen-bond donors (Lipinski definition) is 0. The van der Waals surface area contributed by atoms with Gasteiger partial charge in [-0.1, -0.05) is 82.0 Å². The molecular formula is C17H26. The Kier molecular flexibility index (Phi) is 7.46. The van der Waals surface area contributed by atoms with E-state index in [-0.39, 0.29) is 0 Å². The van der Waals surface area contributed by atoms with Crippen LogP contribution in [-0.2, 0) is 0 Å². The zero-order valence-electron chi connectivity index (χ0n) is 11.4. The van der Waals surface area contributed by atoms with Gasteiger partial charge in [-0.05, 0) is 24.3 Å². The number of unbranched alkanes of at least 4 members (excludes halogenated alkanes) is 5. The highest BCUT2D eigenvalue weighted by atomic mass is 14.0. The Hall–Kier alpha value is -1.04. The van der Waals surface area contributed by atoms with Crippen molar-refractivity contribution in [1.82, 2.24) is 0 Å². The van der Waals surface area contributed by atoms with E-state index in [1.165, 1.54) is 44.1 Å². The minimum Gasteiger partial charge on any atom is -0.0879 e. The second-order valence-electron chi connectivity index (χ2n) is 4.83. The molecule has 0 N–H and O–H groups in total. The van der Waals surface area contributed by atoms with Gasteiger partial charge >= 0.3 is 0 Å². The Morgan fingerprint density at radius 1 is 1.00 bits per heavy atom. The standard InChI is InChI=1S/C17H26/c1-3-4-5-6-7-8-10-13-16(2)17-14-11-9-12-15-17/h9-16H,3-8H2,1-2H3/b13-10+. The summed E-state index contributed by atoms with van der Waals surface area (Å²) in [4.78, 5) is 0. The van der Waals surface area contributed by atoms with Crippen LogP contribution in [0.15, 0.2) is 42.5 Å². The van der Waals surface area contributed by atoms with Crippen LogP contribution < -0.4 is 0 Å². The average molecular weight is 230 g/mol. The van der Waals surface area contributed by atoms with Crippen molar-refractivity contribution in [2.45, 2.75) is 58.3 Å². The molecule has 0 radical (unpaired) electrons. The van der Waals surface area contributed by atoms with Crippen molar-refractivity contribution in [3.8, 4) is 0 Å². The van der Waals surface area contributed by atoms with Crippen LogP contribution in [0.5, 0.6) is 0 Å². The third-order valence-corrected chi connectivity index (χ3v) is 3.22. The molecule has 0 aliphatic rings. The van der Waals surface area contributed by atoms with Crippen LogP contribution in [0.4, 0.5) is 0 Å². The summed E-state index contributed by atoms with van der Waals surface area (Å²) < 4.78 is 0. The summed E-state index contributed by atoms with van der Waals surface area (Å²) in [5, 5.41) is 0. The maximum absolute atomic E-state index is 2.35. The first kappa shape index (κ1) is 14.0. The second kappa shape index (κ2) is 9.04. The van der Waals surface area contributed by atoms with Crippen LogP contribution in [0, 0.1) is 0 Å². The predicted octanol–water partition coefficient (Wildman–Crippen LogP) is 5.71. The molecule has 1 rings (SSSR count). The number of hydrogen-bond acceptors (Lipinski definition) is 0. The van der Waals surface area contributed by atoms with E-state index in [1.807, 2.05) is 0 Å². The van der Waals surface area contributed by atoms with E-state index >= 15 is 0 Å². The molecular weight excluding hydrogens is 204 g/mol. The summed E-state index contributed by atoms with van der Waals surface area (Å²) in [5.74, 6) is 0.548. The van der Waals surface area contributed by atoms with Crippen LogP contribution in [0.1, 0.15) is 63.9 Å². The molecule has 0 nitrogen and oxygen atoms in total. The van der Waals surface area contributed by atoms with Gasteiger partial charge in [0.05, 0.1) is 0 Å². The van der Waals surface area contributed by atoms with Gasteiger partial charge in [-0.15, -0.1) is 0 Å². The van der Waals surface area contributed by atoms with Gasteiger partial charge in [0, 0.05) is 0 Å². The fraction of sp³-hybridized carbons (Fsp3) is 0.529. The SMILES string of the molecule is CCCCCCC/C=C/C(C)c1ccccc1. The first-order valence-corrected chi connectivity index (χ1v) is 7.06. The number of allylic oxidation sites excluding steroid dienone is 2. The summed E-state index contributed by atoms with van der Waals surface area (Å²) >= 11 is 0. The molecule has 0 amide bonds. The maximum atomic E-state index is 2.35. The molecule has 1 aromatic rings. The molecule has 0 aromatic heterocycles. The maximum Gasteiger partial charge on any atom is -0.00104 e. The molecule has 1 atom stereocenters. The lowest BCUT2D eigenvalue weighted by Gasteiger charge is -2.05. The van der Waals surface area contributed by atoms with E-state index in [0.29, 0.717) is 5.92 Å². The van der Waals surface area contributed by atoms with Gasteiger partial charge in [0.15, 0.2) is 0 Å². The summed E-state index contributed by atoms with van der Waals surface area (Å²) in [5.41, 5.74) is 1.41. The Bertz CT molecular complexity index is 297. The zero-order valence-corrected chi connectivity index (χ0v) is 11.4. The summed E-state index contributed by atoms with van der Waals surface area (Å²) in [7, 11) is 0. The largest absolute Gasteiger partial charge is 0.0879 e. The number of benzene rings is 1. The average Bonchev–Trinajstić information content (AvgIpc) is 2.38. The van der Waals surface area contributed by atoms with Crippen molar-refractivity contribution < 1.29 is 0 Å². The highest BCUT2D eigenvalue weighted by molar-refractivity contribution is 5.22. The van der Waals surface area contributed by atoms with Crippen molar-refractivity contribution in [1.29, 1.82) is 0 Å². The molecule has 0 fully saturated rings. The van der Waals surface area contributed by atoms with Gasteiger partial charge in [0.1, 0.15) is 0 Å². The van der Waals surface area contributed by atoms with Crippen molar-refractivity contribution in [3.05, 3.63) is 48.0 Å². The molecule has 0 saturated carbocycles. The molecule has 0 aliphatic carbocycles. The van der Waals surface area contributed by atoms with Crippen molar-refractivity contribution in [3.63, 3.8) is 0 Å². The van der Waals surface area contributed by atoms with Crippen LogP contribution in [0.2, 0.25) is 0 Å². The number of rotatable bonds is 8. The van der Waals surface area contributed by atoms with Gasteiger partial charge in [-0.2, -0.15) is 0 Å². The predicted molar refractivity (Wildman–Crippen MR) is 77.4 cm³/mol. The highest BCUT2D eigenvalue weighted by Gasteiger charge is 1.98. The van der Waals surface area contributed by atoms with Gasteiger partial charge in [-0.3, -0.25) is 0 Å². The normalized spacial score (nSPS) is 13.1. The fourth-order valence-corrected chi connectivity index (χ4v) is 2.03. The van der Waals surface area contributed by atoms with E-state index in [2.05, 4.69) is 56.3 Å². The summed E-state index contributed by atoms with van der Waals surface area (Å²) in [6.45, 7) is 4.53. The van der Waals surface area contributed by atoms with E-state index in [9.17, 15) is 0 Å². The lowest BCUT2D eigenvalue weighted by Crippen LogP contribution is -1.87. The lowest BCUT2D eigenvalue weighted by molar-refractivity contribution is 0.637. The van der Waals surface area contributed by atoms with E-state index in [4.69, 9.17) is 0 Å². The molecule has 0 aliphatic heterocycles. The summed E-state index contributed by atoms with van der Waals surface area (Å²) in [6.07, 6.45) is 12.8. The third kappa shape index (κ3) is 6.31. The minimum atomic E-state index is 0.548. The Morgan fingerprint density at radius 2 is 1.71 bits per heavy atom. The molecule has 0 heterocycles. The van der Waals surface area contributed by atoms with Crippen molar-refractivity contribution >= 4 is 0 Å². The molecule has 1 unspecified atom stereocenters. The molecule has 0 bridgehead atoms. The van der Waals surface area contributed by atoms with E-state index in [0.717, 1.165) is 0 Å². The fourth-order valence-electron chi connectivity index (χ4n) is 2.03. The Balaban J connectivity index is 2.16. The Morgan fingerprint density at radius 3 is 2.41 bits per heavy atom. The molecule has 0 saturated heterocycles. The lowest BCUT2D eigenvalue weighted by atomic mass is 10.0. The van der Waals surface area contributed by atoms with Crippen LogP contribution in [0.3, 0.4) is 0 Å². The molecule has 0 spiro atoms. The molecule has 94 valence electrons. The van der Waals surface area contributed by atoms with Crippen LogP contribution in [-0.4, -0.2) is 0 Å². The van der Waals surface area contributed by atoms with Crippen LogP contribution in [0.25, 0.3) is 0 Å². The minimum absolute atomic E-state index is 0.548. The first-order valence-electron chi connectivity index (χ1n) is 7.06. The van der Waals surface area contributed by atoms with Gasteiger partial charge in [-0.25, -0.2) is 0 Å². The molecule has 0 heteroatoms. The second-order valence-corrected chi connectivity index (χ2v) is 4.83. The van der Waals surface area contributed by atoms with Gasteiger partial charge in [0.2, 0.25) is 0 Å². The molecule has 1 aromatic carbocycles. The molecule has 17 heavy (non-hydrogen) atoms. The monoisotopic (exact) mass is 230 g/mol. The summed E-state index contributed by atoms with van der Waals surface area (Å²) in [6, 6.07) is 10.7. The Labute approximate surface area is 107 Å². The third-order valence-electron chi connectivity index (χ3n) is 3.22. The topological polar surface area (TPSA) is 0 Å². The van der Waals surface area contributed by atoms with Crippen LogP contribution >= 0.6 is 0 Å². The first-order chi connectivity index (χ1) is 8.34. The van der Waals surface area contributed by atoms with Gasteiger partial charge < -0.3 is 0 Å². The smallest absolute Gasteiger partial charge is 0.00104 e. The zero-order chi connectivity index (χ0) is 12.3.